The number of hydrogen-bond donors (Lipinski definition) is 1. The number of benzene rings is 2. The van der Waals surface area contributed by atoms with Gasteiger partial charge in [-0.15, -0.1) is 0 Å². The summed E-state index contributed by atoms with van der Waals surface area (Å²) in [5, 5.41) is 0. The molecular formula is C16H18BrNO. The quantitative estimate of drug-likeness (QED) is 0.915. The molecule has 2 aromatic rings. The molecule has 0 fully saturated rings. The molecule has 2 atom stereocenters. The van der Waals surface area contributed by atoms with E-state index in [1.807, 2.05) is 31.2 Å². The first kappa shape index (κ1) is 14.1. The Kier molecular flexibility index (Phi) is 4.61. The Hall–Kier alpha value is -1.32. The van der Waals surface area contributed by atoms with Gasteiger partial charge in [0, 0.05) is 10.5 Å². The third-order valence-electron chi connectivity index (χ3n) is 2.96. The third-order valence-corrected chi connectivity index (χ3v) is 3.49. The van der Waals surface area contributed by atoms with E-state index in [0.717, 1.165) is 15.8 Å². The van der Waals surface area contributed by atoms with Crippen molar-refractivity contribution in [2.45, 2.75) is 26.0 Å². The van der Waals surface area contributed by atoms with Gasteiger partial charge in [-0.1, -0.05) is 45.8 Å². The van der Waals surface area contributed by atoms with E-state index in [0.29, 0.717) is 0 Å². The molecule has 0 aliphatic heterocycles. The zero-order chi connectivity index (χ0) is 13.8. The van der Waals surface area contributed by atoms with Crippen LogP contribution in [0.5, 0.6) is 5.75 Å². The molecule has 0 bridgehead atoms. The van der Waals surface area contributed by atoms with Gasteiger partial charge < -0.3 is 10.5 Å². The van der Waals surface area contributed by atoms with Crippen LogP contribution in [-0.4, -0.2) is 6.04 Å². The molecule has 2 aromatic carbocycles. The van der Waals surface area contributed by atoms with Crippen molar-refractivity contribution in [1.82, 2.24) is 0 Å². The average Bonchev–Trinajstić information content (AvgIpc) is 2.39. The van der Waals surface area contributed by atoms with Crippen LogP contribution in [0.4, 0.5) is 0 Å². The van der Waals surface area contributed by atoms with Crippen molar-refractivity contribution in [3.8, 4) is 5.75 Å². The topological polar surface area (TPSA) is 35.2 Å². The lowest BCUT2D eigenvalue weighted by Crippen LogP contribution is -2.29. The molecule has 19 heavy (non-hydrogen) atoms. The summed E-state index contributed by atoms with van der Waals surface area (Å²) in [6.45, 7) is 4.03. The second-order valence-corrected chi connectivity index (χ2v) is 5.68. The molecule has 100 valence electrons. The Morgan fingerprint density at radius 1 is 1.00 bits per heavy atom. The van der Waals surface area contributed by atoms with Crippen LogP contribution in [0, 0.1) is 6.92 Å². The van der Waals surface area contributed by atoms with E-state index >= 15 is 0 Å². The van der Waals surface area contributed by atoms with Crippen LogP contribution >= 0.6 is 15.9 Å². The first-order valence-electron chi connectivity index (χ1n) is 6.30. The van der Waals surface area contributed by atoms with Gasteiger partial charge in [0.1, 0.15) is 11.9 Å². The minimum absolute atomic E-state index is 0.0775. The molecule has 0 aromatic heterocycles. The third kappa shape index (κ3) is 3.82. The van der Waals surface area contributed by atoms with Gasteiger partial charge in [0.15, 0.2) is 0 Å². The van der Waals surface area contributed by atoms with Crippen LogP contribution < -0.4 is 10.5 Å². The van der Waals surface area contributed by atoms with Crippen molar-refractivity contribution in [2.24, 2.45) is 5.73 Å². The van der Waals surface area contributed by atoms with Crippen LogP contribution in [0.3, 0.4) is 0 Å². The Bertz CT molecular complexity index is 519. The van der Waals surface area contributed by atoms with Gasteiger partial charge in [0.2, 0.25) is 0 Å². The Balaban J connectivity index is 2.21. The number of ether oxygens (including phenoxy) is 1. The molecule has 2 N–H and O–H groups in total. The zero-order valence-electron chi connectivity index (χ0n) is 11.1. The van der Waals surface area contributed by atoms with Crippen LogP contribution in [0.25, 0.3) is 0 Å². The van der Waals surface area contributed by atoms with E-state index in [9.17, 15) is 0 Å². The lowest BCUT2D eigenvalue weighted by atomic mass is 10.0. The zero-order valence-corrected chi connectivity index (χ0v) is 12.7. The molecule has 0 aliphatic carbocycles. The summed E-state index contributed by atoms with van der Waals surface area (Å²) in [6, 6.07) is 16.0. The molecule has 2 rings (SSSR count). The highest BCUT2D eigenvalue weighted by atomic mass is 79.9. The second kappa shape index (κ2) is 6.22. The maximum absolute atomic E-state index is 6.05. The van der Waals surface area contributed by atoms with Crippen molar-refractivity contribution >= 4 is 15.9 Å². The summed E-state index contributed by atoms with van der Waals surface area (Å²) in [5.41, 5.74) is 8.38. The Morgan fingerprint density at radius 3 is 2.11 bits per heavy atom. The largest absolute Gasteiger partial charge is 0.484 e. The number of nitrogens with two attached hydrogens (primary N) is 1. The van der Waals surface area contributed by atoms with Crippen molar-refractivity contribution in [1.29, 1.82) is 0 Å². The van der Waals surface area contributed by atoms with Crippen LogP contribution in [-0.2, 0) is 0 Å². The monoisotopic (exact) mass is 319 g/mol. The molecular weight excluding hydrogens is 302 g/mol. The molecule has 2 nitrogen and oxygen atoms in total. The maximum atomic E-state index is 6.05. The lowest BCUT2D eigenvalue weighted by Gasteiger charge is -2.23. The van der Waals surface area contributed by atoms with Gasteiger partial charge in [0.25, 0.3) is 0 Å². The number of hydrogen-bond acceptors (Lipinski definition) is 2. The SMILES string of the molecule is Cc1ccc(C(Oc2ccc(Br)cc2)C(C)N)cc1. The van der Waals surface area contributed by atoms with Crippen molar-refractivity contribution in [3.63, 3.8) is 0 Å². The second-order valence-electron chi connectivity index (χ2n) is 4.76. The highest BCUT2D eigenvalue weighted by Gasteiger charge is 2.18. The summed E-state index contributed by atoms with van der Waals surface area (Å²) < 4.78 is 7.05. The van der Waals surface area contributed by atoms with E-state index in [4.69, 9.17) is 10.5 Å². The number of halogens is 1. The van der Waals surface area contributed by atoms with Gasteiger partial charge in [0.05, 0.1) is 0 Å². The number of aryl methyl sites for hydroxylation is 1. The smallest absolute Gasteiger partial charge is 0.138 e. The summed E-state index contributed by atoms with van der Waals surface area (Å²) in [5.74, 6) is 0.825. The molecule has 0 saturated carbocycles. The predicted octanol–water partition coefficient (Wildman–Crippen LogP) is 4.22. The van der Waals surface area contributed by atoms with Gasteiger partial charge in [-0.3, -0.25) is 0 Å². The van der Waals surface area contributed by atoms with Gasteiger partial charge in [-0.2, -0.15) is 0 Å². The molecule has 0 amide bonds. The summed E-state index contributed by atoms with van der Waals surface area (Å²) >= 11 is 3.41. The van der Waals surface area contributed by atoms with E-state index in [-0.39, 0.29) is 12.1 Å². The van der Waals surface area contributed by atoms with E-state index < -0.39 is 0 Å². The van der Waals surface area contributed by atoms with Gasteiger partial charge in [-0.25, -0.2) is 0 Å². The molecule has 0 radical (unpaired) electrons. The maximum Gasteiger partial charge on any atom is 0.138 e. The molecule has 0 saturated heterocycles. The molecule has 0 heterocycles. The minimum atomic E-state index is -0.137. The molecule has 0 aliphatic rings. The van der Waals surface area contributed by atoms with E-state index in [2.05, 4.69) is 47.1 Å². The van der Waals surface area contributed by atoms with Crippen molar-refractivity contribution < 1.29 is 4.74 Å². The normalized spacial score (nSPS) is 13.9. The summed E-state index contributed by atoms with van der Waals surface area (Å²) in [6.07, 6.45) is -0.137. The minimum Gasteiger partial charge on any atom is -0.484 e. The average molecular weight is 320 g/mol. The van der Waals surface area contributed by atoms with Crippen molar-refractivity contribution in [2.75, 3.05) is 0 Å². The Labute approximate surface area is 122 Å². The first-order chi connectivity index (χ1) is 9.06. The molecule has 3 heteroatoms. The first-order valence-corrected chi connectivity index (χ1v) is 7.10. The fraction of sp³-hybridized carbons (Fsp3) is 0.250. The van der Waals surface area contributed by atoms with Crippen LogP contribution in [0.15, 0.2) is 53.0 Å². The highest BCUT2D eigenvalue weighted by molar-refractivity contribution is 9.10. The van der Waals surface area contributed by atoms with Gasteiger partial charge in [-0.05, 0) is 43.7 Å². The van der Waals surface area contributed by atoms with Gasteiger partial charge >= 0.3 is 0 Å². The molecule has 0 spiro atoms. The standard InChI is InChI=1S/C16H18BrNO/c1-11-3-5-13(6-4-11)16(12(2)18)19-15-9-7-14(17)8-10-15/h3-10,12,16H,18H2,1-2H3. The highest BCUT2D eigenvalue weighted by Crippen LogP contribution is 2.25. The van der Waals surface area contributed by atoms with E-state index in [1.54, 1.807) is 0 Å². The van der Waals surface area contributed by atoms with Crippen molar-refractivity contribution in [3.05, 3.63) is 64.1 Å². The summed E-state index contributed by atoms with van der Waals surface area (Å²) in [7, 11) is 0. The van der Waals surface area contributed by atoms with Crippen LogP contribution in [0.1, 0.15) is 24.2 Å². The fourth-order valence-corrected chi connectivity index (χ4v) is 2.16. The lowest BCUT2D eigenvalue weighted by molar-refractivity contribution is 0.180. The van der Waals surface area contributed by atoms with Crippen LogP contribution in [0.2, 0.25) is 0 Å². The predicted molar refractivity (Wildman–Crippen MR) is 82.3 cm³/mol. The summed E-state index contributed by atoms with van der Waals surface area (Å²) in [4.78, 5) is 0. The Morgan fingerprint density at radius 2 is 1.58 bits per heavy atom. The number of rotatable bonds is 4. The molecule has 2 unspecified atom stereocenters. The fourth-order valence-electron chi connectivity index (χ4n) is 1.89. The van der Waals surface area contributed by atoms with E-state index in [1.165, 1.54) is 5.56 Å².